The van der Waals surface area contributed by atoms with Gasteiger partial charge in [-0.15, -0.1) is 0 Å². The monoisotopic (exact) mass is 492 g/mol. The fraction of sp³-hybridized carbons (Fsp3) is 0.192. The van der Waals surface area contributed by atoms with E-state index in [1.165, 1.54) is 39.7 Å². The number of rotatable bonds is 8. The predicted molar refractivity (Wildman–Crippen MR) is 130 cm³/mol. The summed E-state index contributed by atoms with van der Waals surface area (Å²) in [7, 11) is 4.40. The number of fused-ring (bicyclic) bond motifs is 1. The van der Waals surface area contributed by atoms with E-state index < -0.39 is 18.0 Å². The molecule has 36 heavy (non-hydrogen) atoms. The van der Waals surface area contributed by atoms with E-state index in [4.69, 9.17) is 28.4 Å². The van der Waals surface area contributed by atoms with E-state index >= 15 is 0 Å². The Morgan fingerprint density at radius 1 is 0.944 bits per heavy atom. The molecular formula is C26H24N2O8. The molecule has 3 aromatic rings. The highest BCUT2D eigenvalue weighted by Crippen LogP contribution is 2.38. The van der Waals surface area contributed by atoms with E-state index in [9.17, 15) is 9.59 Å². The predicted octanol–water partition coefficient (Wildman–Crippen LogP) is 3.22. The molecule has 0 spiro atoms. The van der Waals surface area contributed by atoms with Gasteiger partial charge in [0.1, 0.15) is 12.4 Å². The minimum atomic E-state index is -0.811. The Balaban J connectivity index is 1.34. The second kappa shape index (κ2) is 11.1. The largest absolute Gasteiger partial charge is 0.493 e. The number of benzene rings is 3. The quantitative estimate of drug-likeness (QED) is 0.221. The highest BCUT2D eigenvalue weighted by Gasteiger charge is 2.27. The molecular weight excluding hydrogens is 468 g/mol. The van der Waals surface area contributed by atoms with Gasteiger partial charge in [-0.1, -0.05) is 12.1 Å². The van der Waals surface area contributed by atoms with Crippen LogP contribution < -0.4 is 33.8 Å². The minimum Gasteiger partial charge on any atom is -0.493 e. The van der Waals surface area contributed by atoms with Crippen LogP contribution in [0.4, 0.5) is 0 Å². The van der Waals surface area contributed by atoms with E-state index in [0.29, 0.717) is 40.1 Å². The van der Waals surface area contributed by atoms with Crippen LogP contribution in [0.3, 0.4) is 0 Å². The van der Waals surface area contributed by atoms with Crippen molar-refractivity contribution in [3.05, 3.63) is 71.8 Å². The van der Waals surface area contributed by atoms with Crippen LogP contribution in [0.15, 0.2) is 65.8 Å². The maximum absolute atomic E-state index is 12.6. The van der Waals surface area contributed by atoms with E-state index in [1.54, 1.807) is 42.5 Å². The molecule has 0 aliphatic carbocycles. The van der Waals surface area contributed by atoms with Crippen molar-refractivity contribution in [3.8, 4) is 34.5 Å². The number of methoxy groups -OCH3 is 3. The normalized spacial score (nSPS) is 14.1. The zero-order chi connectivity index (χ0) is 25.5. The lowest BCUT2D eigenvalue weighted by molar-refractivity contribution is -0.130. The molecule has 0 saturated carbocycles. The summed E-state index contributed by atoms with van der Waals surface area (Å²) in [5.74, 6) is 1.44. The Morgan fingerprint density at radius 3 is 2.25 bits per heavy atom. The molecule has 0 bridgehead atoms. The van der Waals surface area contributed by atoms with Crippen molar-refractivity contribution in [2.45, 2.75) is 6.10 Å². The van der Waals surface area contributed by atoms with Crippen LogP contribution >= 0.6 is 0 Å². The zero-order valence-corrected chi connectivity index (χ0v) is 19.8. The molecule has 0 aromatic heterocycles. The van der Waals surface area contributed by atoms with Crippen molar-refractivity contribution in [2.75, 3.05) is 27.9 Å². The topological polar surface area (TPSA) is 114 Å². The summed E-state index contributed by atoms with van der Waals surface area (Å²) >= 11 is 0. The van der Waals surface area contributed by atoms with Crippen molar-refractivity contribution >= 4 is 18.1 Å². The van der Waals surface area contributed by atoms with E-state index in [0.717, 1.165) is 0 Å². The SMILES string of the molecule is COc1cc(C(=O)Oc2ccc(/C=N/NC(=O)[C@H]3COc4ccccc4O3)cc2)cc(OC)c1OC. The number of nitrogens with one attached hydrogen (secondary N) is 1. The van der Waals surface area contributed by atoms with Crippen LogP contribution in [0.2, 0.25) is 0 Å². The molecule has 1 aliphatic heterocycles. The van der Waals surface area contributed by atoms with Crippen molar-refractivity contribution in [1.82, 2.24) is 5.43 Å². The third kappa shape index (κ3) is 5.49. The molecule has 1 atom stereocenters. The first-order valence-electron chi connectivity index (χ1n) is 10.9. The average molecular weight is 492 g/mol. The number of carbonyl (C=O) groups is 2. The van der Waals surface area contributed by atoms with Crippen LogP contribution in [0.1, 0.15) is 15.9 Å². The van der Waals surface area contributed by atoms with Gasteiger partial charge < -0.3 is 28.4 Å². The number of nitrogens with zero attached hydrogens (tertiary/aromatic N) is 1. The first-order chi connectivity index (χ1) is 17.5. The lowest BCUT2D eigenvalue weighted by Gasteiger charge is -2.24. The van der Waals surface area contributed by atoms with Gasteiger partial charge in [-0.25, -0.2) is 10.2 Å². The number of carbonyl (C=O) groups excluding carboxylic acids is 2. The maximum Gasteiger partial charge on any atom is 0.343 e. The molecule has 0 saturated heterocycles. The Kier molecular flexibility index (Phi) is 7.54. The Labute approximate surface area is 207 Å². The van der Waals surface area contributed by atoms with E-state index in [-0.39, 0.29) is 12.2 Å². The molecule has 1 N–H and O–H groups in total. The number of ether oxygens (including phenoxy) is 6. The summed E-state index contributed by atoms with van der Waals surface area (Å²) in [6, 6.07) is 16.7. The van der Waals surface area contributed by atoms with Crippen molar-refractivity contribution < 1.29 is 38.0 Å². The second-order valence-corrected chi connectivity index (χ2v) is 7.47. The van der Waals surface area contributed by atoms with Gasteiger partial charge in [0.05, 0.1) is 33.1 Å². The summed E-state index contributed by atoms with van der Waals surface area (Å²) in [6.45, 7) is 0.0877. The molecule has 1 aliphatic rings. The van der Waals surface area contributed by atoms with Gasteiger partial charge >= 0.3 is 5.97 Å². The van der Waals surface area contributed by atoms with Crippen LogP contribution in [0.25, 0.3) is 0 Å². The lowest BCUT2D eigenvalue weighted by atomic mass is 10.2. The minimum absolute atomic E-state index is 0.0877. The number of hydrazone groups is 1. The van der Waals surface area contributed by atoms with Crippen LogP contribution in [-0.4, -0.2) is 52.1 Å². The summed E-state index contributed by atoms with van der Waals surface area (Å²) in [5, 5.41) is 3.96. The molecule has 1 amide bonds. The molecule has 4 rings (SSSR count). The first-order valence-corrected chi connectivity index (χ1v) is 10.9. The van der Waals surface area contributed by atoms with Crippen molar-refractivity contribution in [3.63, 3.8) is 0 Å². The third-order valence-electron chi connectivity index (χ3n) is 5.18. The molecule has 186 valence electrons. The summed E-state index contributed by atoms with van der Waals surface area (Å²) in [4.78, 5) is 25.0. The fourth-order valence-electron chi connectivity index (χ4n) is 3.38. The van der Waals surface area contributed by atoms with Gasteiger partial charge in [-0.3, -0.25) is 4.79 Å². The summed E-state index contributed by atoms with van der Waals surface area (Å²) < 4.78 is 32.4. The van der Waals surface area contributed by atoms with E-state index in [1.807, 2.05) is 6.07 Å². The number of esters is 1. The Hall–Kier alpha value is -4.73. The molecule has 0 radical (unpaired) electrons. The second-order valence-electron chi connectivity index (χ2n) is 7.47. The number of hydrogen-bond acceptors (Lipinski definition) is 9. The maximum atomic E-state index is 12.6. The first kappa shape index (κ1) is 24.4. The highest BCUT2D eigenvalue weighted by atomic mass is 16.6. The van der Waals surface area contributed by atoms with Gasteiger partial charge in [-0.05, 0) is 54.1 Å². The molecule has 3 aromatic carbocycles. The van der Waals surface area contributed by atoms with Crippen molar-refractivity contribution in [2.24, 2.45) is 5.10 Å². The molecule has 1 heterocycles. The summed E-state index contributed by atoms with van der Waals surface area (Å²) in [6.07, 6.45) is 0.648. The molecule has 0 fully saturated rings. The average Bonchev–Trinajstić information content (AvgIpc) is 2.92. The number of para-hydroxylation sites is 2. The van der Waals surface area contributed by atoms with Crippen molar-refractivity contribution in [1.29, 1.82) is 0 Å². The van der Waals surface area contributed by atoms with Gasteiger partial charge in [0.2, 0.25) is 11.9 Å². The molecule has 0 unspecified atom stereocenters. The summed E-state index contributed by atoms with van der Waals surface area (Å²) in [5.41, 5.74) is 3.34. The van der Waals surface area contributed by atoms with Gasteiger partial charge in [0, 0.05) is 0 Å². The third-order valence-corrected chi connectivity index (χ3v) is 5.18. The molecule has 10 heteroatoms. The van der Waals surface area contributed by atoms with Crippen LogP contribution in [-0.2, 0) is 4.79 Å². The van der Waals surface area contributed by atoms with Gasteiger partial charge in [0.15, 0.2) is 23.0 Å². The van der Waals surface area contributed by atoms with E-state index in [2.05, 4.69) is 10.5 Å². The number of amides is 1. The standard InChI is InChI=1S/C26H24N2O8/c1-31-21-12-17(13-22(32-2)24(21)33-3)26(30)35-18-10-8-16(9-11-18)14-27-28-25(29)23-15-34-19-6-4-5-7-20(19)36-23/h4-14,23H,15H2,1-3H3,(H,28,29)/b27-14+/t23-/m1/s1. The lowest BCUT2D eigenvalue weighted by Crippen LogP contribution is -2.42. The van der Waals surface area contributed by atoms with Crippen LogP contribution in [0.5, 0.6) is 34.5 Å². The highest BCUT2D eigenvalue weighted by molar-refractivity contribution is 5.93. The van der Waals surface area contributed by atoms with Gasteiger partial charge in [-0.2, -0.15) is 5.10 Å². The fourth-order valence-corrected chi connectivity index (χ4v) is 3.38. The smallest absolute Gasteiger partial charge is 0.343 e. The van der Waals surface area contributed by atoms with Gasteiger partial charge in [0.25, 0.3) is 5.91 Å². The Bertz CT molecular complexity index is 1250. The van der Waals surface area contributed by atoms with Crippen LogP contribution in [0, 0.1) is 0 Å². The number of hydrogen-bond donors (Lipinski definition) is 1. The zero-order valence-electron chi connectivity index (χ0n) is 19.8. The Morgan fingerprint density at radius 2 is 1.61 bits per heavy atom. The molecule has 10 nitrogen and oxygen atoms in total.